The van der Waals surface area contributed by atoms with Gasteiger partial charge < -0.3 is 5.11 Å². The SMILES string of the molecule is Oc1c(Cl)cc(Br)cc1C=Nc1cccc(-c2nc3ccccc3s2)c1. The molecule has 0 bridgehead atoms. The lowest BCUT2D eigenvalue weighted by Crippen LogP contribution is -1.84. The monoisotopic (exact) mass is 442 g/mol. The molecule has 3 aromatic carbocycles. The van der Waals surface area contributed by atoms with Crippen molar-refractivity contribution in [3.05, 3.63) is 75.7 Å². The highest BCUT2D eigenvalue weighted by Gasteiger charge is 2.07. The number of para-hydroxylation sites is 1. The van der Waals surface area contributed by atoms with Gasteiger partial charge in [-0.25, -0.2) is 4.98 Å². The maximum atomic E-state index is 10.1. The van der Waals surface area contributed by atoms with E-state index in [2.05, 4.69) is 32.0 Å². The number of hydrogen-bond donors (Lipinski definition) is 1. The molecule has 0 aliphatic rings. The molecule has 1 aromatic heterocycles. The lowest BCUT2D eigenvalue weighted by molar-refractivity contribution is 0.474. The van der Waals surface area contributed by atoms with Crippen LogP contribution in [0.25, 0.3) is 20.8 Å². The molecule has 0 fully saturated rings. The molecule has 1 heterocycles. The van der Waals surface area contributed by atoms with Gasteiger partial charge in [0.05, 0.1) is 20.9 Å². The quantitative estimate of drug-likeness (QED) is 0.352. The number of aromatic hydroxyl groups is 1. The Labute approximate surface area is 167 Å². The second kappa shape index (κ2) is 7.19. The first kappa shape index (κ1) is 17.2. The van der Waals surface area contributed by atoms with Gasteiger partial charge in [-0.2, -0.15) is 0 Å². The Balaban J connectivity index is 1.68. The zero-order valence-corrected chi connectivity index (χ0v) is 16.5. The normalized spacial score (nSPS) is 11.5. The third-order valence-electron chi connectivity index (χ3n) is 3.80. The van der Waals surface area contributed by atoms with Crippen molar-refractivity contribution in [2.24, 2.45) is 4.99 Å². The lowest BCUT2D eigenvalue weighted by Gasteiger charge is -2.03. The zero-order valence-electron chi connectivity index (χ0n) is 13.4. The van der Waals surface area contributed by atoms with E-state index in [1.807, 2.05) is 42.5 Å². The van der Waals surface area contributed by atoms with E-state index in [9.17, 15) is 5.11 Å². The fourth-order valence-electron chi connectivity index (χ4n) is 2.54. The fraction of sp³-hybridized carbons (Fsp3) is 0. The minimum atomic E-state index is 0.0148. The summed E-state index contributed by atoms with van der Waals surface area (Å²) in [7, 11) is 0. The first-order chi connectivity index (χ1) is 12.6. The van der Waals surface area contributed by atoms with Gasteiger partial charge in [-0.15, -0.1) is 11.3 Å². The average molecular weight is 444 g/mol. The number of hydrogen-bond acceptors (Lipinski definition) is 4. The van der Waals surface area contributed by atoms with E-state index >= 15 is 0 Å². The molecule has 0 unspecified atom stereocenters. The van der Waals surface area contributed by atoms with E-state index in [0.29, 0.717) is 5.56 Å². The largest absolute Gasteiger partial charge is 0.506 e. The number of halogens is 2. The van der Waals surface area contributed by atoms with E-state index in [1.165, 1.54) is 0 Å². The molecular formula is C20H12BrClN2OS. The second-order valence-corrected chi connectivity index (χ2v) is 7.97. The van der Waals surface area contributed by atoms with Crippen molar-refractivity contribution in [3.8, 4) is 16.3 Å². The van der Waals surface area contributed by atoms with Crippen LogP contribution in [0.3, 0.4) is 0 Å². The van der Waals surface area contributed by atoms with Gasteiger partial charge in [-0.1, -0.05) is 51.8 Å². The molecule has 4 rings (SSSR count). The molecule has 3 nitrogen and oxygen atoms in total. The van der Waals surface area contributed by atoms with Gasteiger partial charge >= 0.3 is 0 Å². The van der Waals surface area contributed by atoms with Crippen molar-refractivity contribution < 1.29 is 5.11 Å². The van der Waals surface area contributed by atoms with Gasteiger partial charge in [0.2, 0.25) is 0 Å². The molecule has 128 valence electrons. The van der Waals surface area contributed by atoms with Crippen LogP contribution < -0.4 is 0 Å². The van der Waals surface area contributed by atoms with Crippen LogP contribution in [-0.2, 0) is 0 Å². The van der Waals surface area contributed by atoms with E-state index in [1.54, 1.807) is 29.7 Å². The molecule has 1 N–H and O–H groups in total. The summed E-state index contributed by atoms with van der Waals surface area (Å²) >= 11 is 11.0. The van der Waals surface area contributed by atoms with Gasteiger partial charge in [-0.3, -0.25) is 4.99 Å². The Morgan fingerprint density at radius 1 is 1.08 bits per heavy atom. The fourth-order valence-corrected chi connectivity index (χ4v) is 4.34. The van der Waals surface area contributed by atoms with Crippen molar-refractivity contribution >= 4 is 61.0 Å². The number of nitrogens with zero attached hydrogens (tertiary/aromatic N) is 2. The molecular weight excluding hydrogens is 432 g/mol. The van der Waals surface area contributed by atoms with Crippen LogP contribution in [0, 0.1) is 0 Å². The van der Waals surface area contributed by atoms with E-state index in [4.69, 9.17) is 11.6 Å². The zero-order chi connectivity index (χ0) is 18.1. The van der Waals surface area contributed by atoms with Gasteiger partial charge in [0, 0.05) is 21.8 Å². The van der Waals surface area contributed by atoms with Crippen LogP contribution in [0.4, 0.5) is 5.69 Å². The molecule has 0 atom stereocenters. The highest BCUT2D eigenvalue weighted by molar-refractivity contribution is 9.10. The Morgan fingerprint density at radius 2 is 1.92 bits per heavy atom. The van der Waals surface area contributed by atoms with Gasteiger partial charge in [-0.05, 0) is 36.4 Å². The predicted octanol–water partition coefficient (Wildman–Crippen LogP) is 6.84. The maximum Gasteiger partial charge on any atom is 0.143 e. The van der Waals surface area contributed by atoms with E-state index in [0.717, 1.165) is 30.9 Å². The first-order valence-corrected chi connectivity index (χ1v) is 9.77. The Morgan fingerprint density at radius 3 is 2.77 bits per heavy atom. The van der Waals surface area contributed by atoms with Gasteiger partial charge in [0.1, 0.15) is 10.8 Å². The first-order valence-electron chi connectivity index (χ1n) is 7.78. The lowest BCUT2D eigenvalue weighted by atomic mass is 10.2. The van der Waals surface area contributed by atoms with Gasteiger partial charge in [0.15, 0.2) is 0 Å². The Bertz CT molecular complexity index is 1110. The molecule has 6 heteroatoms. The van der Waals surface area contributed by atoms with Crippen LogP contribution >= 0.6 is 38.9 Å². The molecule has 4 aromatic rings. The third kappa shape index (κ3) is 3.51. The van der Waals surface area contributed by atoms with Crippen molar-refractivity contribution in [2.45, 2.75) is 0 Å². The summed E-state index contributed by atoms with van der Waals surface area (Å²) in [6.45, 7) is 0. The summed E-state index contributed by atoms with van der Waals surface area (Å²) in [5, 5.41) is 11.3. The van der Waals surface area contributed by atoms with Crippen LogP contribution in [-0.4, -0.2) is 16.3 Å². The Kier molecular flexibility index (Phi) is 4.76. The minimum absolute atomic E-state index is 0.0148. The summed E-state index contributed by atoms with van der Waals surface area (Å²) in [5.41, 5.74) is 3.33. The molecule has 0 radical (unpaired) electrons. The number of phenolic OH excluding ortho intramolecular Hbond substituents is 1. The molecule has 26 heavy (non-hydrogen) atoms. The number of benzene rings is 3. The number of fused-ring (bicyclic) bond motifs is 1. The standard InChI is InChI=1S/C20H12BrClN2OS/c21-14-8-13(19(25)16(22)10-14)11-23-15-5-3-4-12(9-15)20-24-17-6-1-2-7-18(17)26-20/h1-11,25H. The van der Waals surface area contributed by atoms with Crippen LogP contribution in [0.1, 0.15) is 5.56 Å². The molecule has 0 aliphatic heterocycles. The summed E-state index contributed by atoms with van der Waals surface area (Å²) in [6, 6.07) is 19.3. The van der Waals surface area contributed by atoms with E-state index < -0.39 is 0 Å². The van der Waals surface area contributed by atoms with Crippen molar-refractivity contribution in [1.29, 1.82) is 0 Å². The van der Waals surface area contributed by atoms with Crippen molar-refractivity contribution in [2.75, 3.05) is 0 Å². The molecule has 0 saturated heterocycles. The third-order valence-corrected chi connectivity index (χ3v) is 5.63. The second-order valence-electron chi connectivity index (χ2n) is 5.62. The number of phenols is 1. The summed E-state index contributed by atoms with van der Waals surface area (Å²) in [5.74, 6) is 0.0148. The van der Waals surface area contributed by atoms with Crippen LogP contribution in [0.5, 0.6) is 5.75 Å². The summed E-state index contributed by atoms with van der Waals surface area (Å²) in [4.78, 5) is 9.15. The summed E-state index contributed by atoms with van der Waals surface area (Å²) in [6.07, 6.45) is 1.60. The molecule has 0 aliphatic carbocycles. The van der Waals surface area contributed by atoms with Crippen molar-refractivity contribution in [3.63, 3.8) is 0 Å². The van der Waals surface area contributed by atoms with Crippen LogP contribution in [0.15, 0.2) is 70.1 Å². The Hall–Kier alpha value is -2.21. The highest BCUT2D eigenvalue weighted by Crippen LogP contribution is 2.33. The number of thiazole rings is 1. The average Bonchev–Trinajstić information content (AvgIpc) is 3.08. The predicted molar refractivity (Wildman–Crippen MR) is 113 cm³/mol. The van der Waals surface area contributed by atoms with Gasteiger partial charge in [0.25, 0.3) is 0 Å². The topological polar surface area (TPSA) is 45.5 Å². The van der Waals surface area contributed by atoms with Crippen LogP contribution in [0.2, 0.25) is 5.02 Å². The number of rotatable bonds is 3. The minimum Gasteiger partial charge on any atom is -0.506 e. The molecule has 0 amide bonds. The molecule has 0 saturated carbocycles. The highest BCUT2D eigenvalue weighted by atomic mass is 79.9. The number of aliphatic imine (C=N–C) groups is 1. The maximum absolute atomic E-state index is 10.1. The molecule has 0 spiro atoms. The summed E-state index contributed by atoms with van der Waals surface area (Å²) < 4.78 is 1.94. The smallest absolute Gasteiger partial charge is 0.143 e. The number of aromatic nitrogens is 1. The van der Waals surface area contributed by atoms with Crippen molar-refractivity contribution in [1.82, 2.24) is 4.98 Å². The van der Waals surface area contributed by atoms with E-state index in [-0.39, 0.29) is 10.8 Å².